The number of benzene rings is 1. The average molecular weight is 305 g/mol. The summed E-state index contributed by atoms with van der Waals surface area (Å²) in [4.78, 5) is 16.0. The zero-order valence-electron chi connectivity index (χ0n) is 12.3. The molecule has 1 aromatic heterocycles. The third kappa shape index (κ3) is 4.78. The zero-order valence-corrected chi connectivity index (χ0v) is 13.1. The fraction of sp³-hybridized carbons (Fsp3) is 0.357. The van der Waals surface area contributed by atoms with E-state index in [0.29, 0.717) is 16.7 Å². The number of hydrogen-bond acceptors (Lipinski definition) is 5. The summed E-state index contributed by atoms with van der Waals surface area (Å²) < 4.78 is 0. The maximum Gasteiger partial charge on any atom is 0.251 e. The molecule has 112 valence electrons. The molecule has 4 N–H and O–H groups in total. The van der Waals surface area contributed by atoms with Crippen molar-refractivity contribution >= 4 is 23.6 Å². The lowest BCUT2D eigenvalue weighted by Crippen LogP contribution is -2.40. The van der Waals surface area contributed by atoms with Gasteiger partial charge in [0.05, 0.1) is 0 Å². The summed E-state index contributed by atoms with van der Waals surface area (Å²) in [5.41, 5.74) is 6.97. The van der Waals surface area contributed by atoms with Crippen molar-refractivity contribution in [1.82, 2.24) is 20.5 Å². The van der Waals surface area contributed by atoms with E-state index in [1.165, 1.54) is 11.8 Å². The Morgan fingerprint density at radius 3 is 2.52 bits per heavy atom. The summed E-state index contributed by atoms with van der Waals surface area (Å²) in [6.45, 7) is 5.87. The number of amides is 1. The lowest BCUT2D eigenvalue weighted by atomic mass is 10.1. The molecular weight excluding hydrogens is 286 g/mol. The van der Waals surface area contributed by atoms with Crippen LogP contribution in [-0.4, -0.2) is 26.6 Å². The number of nitrogen functional groups attached to an aromatic ring is 1. The second-order valence-electron chi connectivity index (χ2n) is 5.69. The Morgan fingerprint density at radius 2 is 2.00 bits per heavy atom. The highest BCUT2D eigenvalue weighted by atomic mass is 32.2. The van der Waals surface area contributed by atoms with E-state index >= 15 is 0 Å². The van der Waals surface area contributed by atoms with Gasteiger partial charge in [-0.05, 0) is 38.5 Å². The summed E-state index contributed by atoms with van der Waals surface area (Å²) >= 11 is 1.48. The Morgan fingerprint density at radius 1 is 1.33 bits per heavy atom. The van der Waals surface area contributed by atoms with E-state index < -0.39 is 0 Å². The van der Waals surface area contributed by atoms with Gasteiger partial charge in [0.2, 0.25) is 11.1 Å². The molecule has 0 atom stereocenters. The van der Waals surface area contributed by atoms with Crippen molar-refractivity contribution in [3.8, 4) is 0 Å². The van der Waals surface area contributed by atoms with Crippen LogP contribution in [0, 0.1) is 0 Å². The Hall–Kier alpha value is -2.02. The number of nitrogens with zero attached hydrogens (tertiary/aromatic N) is 2. The second-order valence-corrected chi connectivity index (χ2v) is 6.64. The first-order valence-electron chi connectivity index (χ1n) is 6.55. The highest BCUT2D eigenvalue weighted by Gasteiger charge is 2.15. The number of nitrogens with two attached hydrogens (primary N) is 1. The Balaban J connectivity index is 1.94. The van der Waals surface area contributed by atoms with Crippen molar-refractivity contribution in [2.75, 3.05) is 5.73 Å². The smallest absolute Gasteiger partial charge is 0.251 e. The third-order valence-corrected chi connectivity index (χ3v) is 3.47. The minimum atomic E-state index is -0.239. The molecule has 0 unspecified atom stereocenters. The van der Waals surface area contributed by atoms with Crippen LogP contribution in [0.2, 0.25) is 0 Å². The van der Waals surface area contributed by atoms with Gasteiger partial charge in [-0.3, -0.25) is 4.79 Å². The van der Waals surface area contributed by atoms with Crippen LogP contribution in [0.1, 0.15) is 36.7 Å². The minimum absolute atomic E-state index is 0.0663. The van der Waals surface area contributed by atoms with Crippen LogP contribution in [-0.2, 0) is 5.75 Å². The lowest BCUT2D eigenvalue weighted by molar-refractivity contribution is 0.0919. The van der Waals surface area contributed by atoms with Gasteiger partial charge < -0.3 is 11.1 Å². The van der Waals surface area contributed by atoms with Crippen LogP contribution in [0.3, 0.4) is 0 Å². The van der Waals surface area contributed by atoms with Gasteiger partial charge in [0, 0.05) is 16.9 Å². The third-order valence-electron chi connectivity index (χ3n) is 2.55. The topological polar surface area (TPSA) is 96.7 Å². The van der Waals surface area contributed by atoms with Crippen molar-refractivity contribution in [2.24, 2.45) is 0 Å². The molecule has 2 aromatic rings. The molecule has 1 aromatic carbocycles. The van der Waals surface area contributed by atoms with E-state index in [9.17, 15) is 4.79 Å². The number of aromatic amines is 1. The standard InChI is InChI=1S/C14H19N5OS/c1-14(2,3)17-11(20)10-6-4-9(5-7-10)8-21-13-16-12(15)18-19-13/h4-7H,8H2,1-3H3,(H,17,20)(H3,15,16,18,19). The number of H-pyrrole nitrogens is 1. The van der Waals surface area contributed by atoms with Crippen LogP contribution < -0.4 is 11.1 Å². The summed E-state index contributed by atoms with van der Waals surface area (Å²) in [5, 5.41) is 10.1. The van der Waals surface area contributed by atoms with Crippen molar-refractivity contribution in [1.29, 1.82) is 0 Å². The fourth-order valence-electron chi connectivity index (χ4n) is 1.64. The Labute approximate surface area is 127 Å². The molecule has 21 heavy (non-hydrogen) atoms. The van der Waals surface area contributed by atoms with Gasteiger partial charge >= 0.3 is 0 Å². The van der Waals surface area contributed by atoms with E-state index in [2.05, 4.69) is 20.5 Å². The van der Waals surface area contributed by atoms with Crippen LogP contribution in [0.25, 0.3) is 0 Å². The summed E-state index contributed by atoms with van der Waals surface area (Å²) in [7, 11) is 0. The maximum absolute atomic E-state index is 12.0. The Kier molecular flexibility index (Phi) is 4.52. The molecular formula is C14H19N5OS. The lowest BCUT2D eigenvalue weighted by Gasteiger charge is -2.20. The molecule has 0 aliphatic carbocycles. The van der Waals surface area contributed by atoms with E-state index in [1.54, 1.807) is 0 Å². The predicted octanol–water partition coefficient (Wildman–Crippen LogP) is 2.21. The van der Waals surface area contributed by atoms with Crippen molar-refractivity contribution < 1.29 is 4.79 Å². The predicted molar refractivity (Wildman–Crippen MR) is 84.0 cm³/mol. The molecule has 2 rings (SSSR count). The number of carbonyl (C=O) groups is 1. The average Bonchev–Trinajstić information content (AvgIpc) is 2.81. The van der Waals surface area contributed by atoms with Gasteiger partial charge in [-0.2, -0.15) is 4.98 Å². The molecule has 0 saturated carbocycles. The quantitative estimate of drug-likeness (QED) is 0.752. The fourth-order valence-corrected chi connectivity index (χ4v) is 2.40. The van der Waals surface area contributed by atoms with Gasteiger partial charge in [-0.25, -0.2) is 5.10 Å². The largest absolute Gasteiger partial charge is 0.368 e. The second kappa shape index (κ2) is 6.17. The zero-order chi connectivity index (χ0) is 15.5. The number of rotatable bonds is 4. The monoisotopic (exact) mass is 305 g/mol. The molecule has 0 bridgehead atoms. The van der Waals surface area contributed by atoms with Crippen molar-refractivity contribution in [3.63, 3.8) is 0 Å². The highest BCUT2D eigenvalue weighted by Crippen LogP contribution is 2.19. The summed E-state index contributed by atoms with van der Waals surface area (Å²) in [5.74, 6) is 0.966. The highest BCUT2D eigenvalue weighted by molar-refractivity contribution is 7.98. The van der Waals surface area contributed by atoms with Crippen LogP contribution in [0.15, 0.2) is 29.4 Å². The van der Waals surface area contributed by atoms with Gasteiger partial charge in [0.1, 0.15) is 0 Å². The minimum Gasteiger partial charge on any atom is -0.368 e. The van der Waals surface area contributed by atoms with Crippen LogP contribution in [0.4, 0.5) is 5.95 Å². The van der Waals surface area contributed by atoms with Gasteiger partial charge in [-0.1, -0.05) is 23.9 Å². The molecule has 0 aliphatic rings. The number of nitrogens with one attached hydrogen (secondary N) is 2. The number of aromatic nitrogens is 3. The van der Waals surface area contributed by atoms with Gasteiger partial charge in [0.25, 0.3) is 5.91 Å². The van der Waals surface area contributed by atoms with Crippen molar-refractivity contribution in [2.45, 2.75) is 37.2 Å². The summed E-state index contributed by atoms with van der Waals surface area (Å²) in [6, 6.07) is 7.51. The van der Waals surface area contributed by atoms with Crippen LogP contribution in [0.5, 0.6) is 0 Å². The first-order chi connectivity index (χ1) is 9.83. The first-order valence-corrected chi connectivity index (χ1v) is 7.54. The molecule has 0 radical (unpaired) electrons. The van der Waals surface area contributed by atoms with Crippen LogP contribution >= 0.6 is 11.8 Å². The van der Waals surface area contributed by atoms with E-state index in [-0.39, 0.29) is 11.4 Å². The number of anilines is 1. The van der Waals surface area contributed by atoms with Gasteiger partial charge in [-0.15, -0.1) is 5.10 Å². The van der Waals surface area contributed by atoms with E-state index in [0.717, 1.165) is 11.3 Å². The molecule has 1 heterocycles. The SMILES string of the molecule is CC(C)(C)NC(=O)c1ccc(CSc2n[nH]c(N)n2)cc1. The molecule has 6 nitrogen and oxygen atoms in total. The summed E-state index contributed by atoms with van der Waals surface area (Å²) in [6.07, 6.45) is 0. The number of thioether (sulfide) groups is 1. The normalized spacial score (nSPS) is 11.4. The number of carbonyl (C=O) groups excluding carboxylic acids is 1. The van der Waals surface area contributed by atoms with E-state index in [1.807, 2.05) is 45.0 Å². The van der Waals surface area contributed by atoms with Gasteiger partial charge in [0.15, 0.2) is 0 Å². The first kappa shape index (κ1) is 15.4. The molecule has 0 saturated heterocycles. The van der Waals surface area contributed by atoms with Crippen molar-refractivity contribution in [3.05, 3.63) is 35.4 Å². The molecule has 0 spiro atoms. The van der Waals surface area contributed by atoms with E-state index in [4.69, 9.17) is 5.73 Å². The maximum atomic E-state index is 12.0. The Bertz CT molecular complexity index is 615. The molecule has 0 fully saturated rings. The molecule has 1 amide bonds. The molecule has 0 aliphatic heterocycles. The number of hydrogen-bond donors (Lipinski definition) is 3. The molecule has 7 heteroatoms.